The lowest BCUT2D eigenvalue weighted by Crippen LogP contribution is -2.02. The highest BCUT2D eigenvalue weighted by Crippen LogP contribution is 2.28. The molecule has 0 unspecified atom stereocenters. The molecular weight excluding hydrogens is 254 g/mol. The number of pyridine rings is 1. The summed E-state index contributed by atoms with van der Waals surface area (Å²) >= 11 is 1.10. The summed E-state index contributed by atoms with van der Waals surface area (Å²) in [4.78, 5) is 4.41. The molecule has 1 aromatic heterocycles. The lowest BCUT2D eigenvalue weighted by atomic mass is 10.2. The van der Waals surface area contributed by atoms with Crippen LogP contribution in [0, 0.1) is 11.6 Å². The van der Waals surface area contributed by atoms with Gasteiger partial charge in [0.2, 0.25) is 0 Å². The molecule has 2 N–H and O–H groups in total. The molecule has 2 rings (SSSR count). The Morgan fingerprint density at radius 2 is 2.00 bits per heavy atom. The Kier molecular flexibility index (Phi) is 4.28. The molecule has 2 nitrogen and oxygen atoms in total. The Morgan fingerprint density at radius 3 is 2.67 bits per heavy atom. The van der Waals surface area contributed by atoms with Crippen molar-refractivity contribution in [2.75, 3.05) is 6.54 Å². The van der Waals surface area contributed by atoms with Crippen LogP contribution >= 0.6 is 11.8 Å². The maximum absolute atomic E-state index is 13.4. The van der Waals surface area contributed by atoms with E-state index in [4.69, 9.17) is 5.73 Å². The average Bonchev–Trinajstić information content (AvgIpc) is 2.37. The van der Waals surface area contributed by atoms with Crippen LogP contribution in [0.3, 0.4) is 0 Å². The van der Waals surface area contributed by atoms with Crippen molar-refractivity contribution in [2.45, 2.75) is 16.3 Å². The lowest BCUT2D eigenvalue weighted by molar-refractivity contribution is 0.577. The number of hydrogen-bond acceptors (Lipinski definition) is 3. The minimum absolute atomic E-state index is 0.231. The molecule has 0 atom stereocenters. The van der Waals surface area contributed by atoms with Gasteiger partial charge >= 0.3 is 0 Å². The number of nitrogens with zero attached hydrogens (tertiary/aromatic N) is 1. The van der Waals surface area contributed by atoms with Crippen molar-refractivity contribution < 1.29 is 8.78 Å². The van der Waals surface area contributed by atoms with Gasteiger partial charge in [-0.05, 0) is 42.8 Å². The van der Waals surface area contributed by atoms with E-state index < -0.39 is 11.6 Å². The molecule has 0 aliphatic rings. The number of rotatable bonds is 4. The van der Waals surface area contributed by atoms with Gasteiger partial charge in [-0.15, -0.1) is 0 Å². The Bertz CT molecular complexity index is 529. The van der Waals surface area contributed by atoms with E-state index in [1.54, 1.807) is 12.3 Å². The van der Waals surface area contributed by atoms with E-state index in [1.807, 2.05) is 6.07 Å². The van der Waals surface area contributed by atoms with E-state index >= 15 is 0 Å². The summed E-state index contributed by atoms with van der Waals surface area (Å²) in [7, 11) is 0. The van der Waals surface area contributed by atoms with Gasteiger partial charge in [0.1, 0.15) is 16.7 Å². The maximum atomic E-state index is 13.4. The van der Waals surface area contributed by atoms with Gasteiger partial charge < -0.3 is 5.73 Å². The highest BCUT2D eigenvalue weighted by molar-refractivity contribution is 7.99. The zero-order valence-corrected chi connectivity index (χ0v) is 10.4. The number of halogens is 2. The molecule has 5 heteroatoms. The van der Waals surface area contributed by atoms with Crippen molar-refractivity contribution >= 4 is 11.8 Å². The first-order chi connectivity index (χ1) is 8.69. The monoisotopic (exact) mass is 266 g/mol. The predicted molar refractivity (Wildman–Crippen MR) is 67.5 cm³/mol. The van der Waals surface area contributed by atoms with E-state index in [9.17, 15) is 8.78 Å². The summed E-state index contributed by atoms with van der Waals surface area (Å²) in [6, 6.07) is 7.03. The summed E-state index contributed by atoms with van der Waals surface area (Å²) in [5.74, 6) is -0.909. The molecule has 0 aliphatic heterocycles. The summed E-state index contributed by atoms with van der Waals surface area (Å²) in [5.41, 5.74) is 6.46. The smallest absolute Gasteiger partial charge is 0.137 e. The van der Waals surface area contributed by atoms with E-state index in [2.05, 4.69) is 4.98 Å². The van der Waals surface area contributed by atoms with Gasteiger partial charge in [-0.25, -0.2) is 13.8 Å². The van der Waals surface area contributed by atoms with Gasteiger partial charge in [-0.1, -0.05) is 17.8 Å². The molecule has 94 valence electrons. The topological polar surface area (TPSA) is 38.9 Å². The molecular formula is C13H12F2N2S. The largest absolute Gasteiger partial charge is 0.330 e. The van der Waals surface area contributed by atoms with Gasteiger partial charge in [0.05, 0.1) is 4.90 Å². The van der Waals surface area contributed by atoms with Crippen LogP contribution in [0.4, 0.5) is 8.78 Å². The van der Waals surface area contributed by atoms with Crippen LogP contribution in [-0.2, 0) is 6.42 Å². The van der Waals surface area contributed by atoms with Gasteiger partial charge in [-0.2, -0.15) is 0 Å². The van der Waals surface area contributed by atoms with Crippen LogP contribution < -0.4 is 5.73 Å². The van der Waals surface area contributed by atoms with Crippen LogP contribution in [0.2, 0.25) is 0 Å². The molecule has 0 spiro atoms. The Hall–Kier alpha value is -1.46. The van der Waals surface area contributed by atoms with Gasteiger partial charge in [-0.3, -0.25) is 0 Å². The molecule has 2 aromatic rings. The summed E-state index contributed by atoms with van der Waals surface area (Å²) < 4.78 is 26.4. The molecule has 0 saturated heterocycles. The van der Waals surface area contributed by atoms with Crippen LogP contribution in [0.15, 0.2) is 46.5 Å². The van der Waals surface area contributed by atoms with Gasteiger partial charge in [0.15, 0.2) is 0 Å². The van der Waals surface area contributed by atoms with Crippen molar-refractivity contribution in [3.05, 3.63) is 53.7 Å². The van der Waals surface area contributed by atoms with Crippen LogP contribution in [0.5, 0.6) is 0 Å². The maximum Gasteiger partial charge on any atom is 0.137 e. The molecule has 1 aromatic carbocycles. The fourth-order valence-corrected chi connectivity index (χ4v) is 2.26. The van der Waals surface area contributed by atoms with Crippen molar-refractivity contribution in [1.29, 1.82) is 0 Å². The summed E-state index contributed by atoms with van der Waals surface area (Å²) in [6.07, 6.45) is 2.46. The number of aromatic nitrogens is 1. The van der Waals surface area contributed by atoms with Crippen molar-refractivity contribution in [3.63, 3.8) is 0 Å². The quantitative estimate of drug-likeness (QED) is 0.924. The second-order valence-corrected chi connectivity index (χ2v) is 4.78. The molecule has 0 fully saturated rings. The highest BCUT2D eigenvalue weighted by atomic mass is 32.2. The first kappa shape index (κ1) is 13.0. The summed E-state index contributed by atoms with van der Waals surface area (Å²) in [5, 5.41) is 0.625. The van der Waals surface area contributed by atoms with Crippen LogP contribution in [0.1, 0.15) is 5.56 Å². The minimum atomic E-state index is -0.460. The fourth-order valence-electron chi connectivity index (χ4n) is 1.45. The van der Waals surface area contributed by atoms with E-state index in [-0.39, 0.29) is 4.90 Å². The van der Waals surface area contributed by atoms with Crippen molar-refractivity contribution in [1.82, 2.24) is 4.98 Å². The fraction of sp³-hybridized carbons (Fsp3) is 0.154. The lowest BCUT2D eigenvalue weighted by Gasteiger charge is -2.04. The molecule has 1 heterocycles. The van der Waals surface area contributed by atoms with E-state index in [0.717, 1.165) is 41.9 Å². The van der Waals surface area contributed by atoms with Gasteiger partial charge in [0.25, 0.3) is 0 Å². The SMILES string of the molecule is NCCc1ccc(Sc2cc(F)ccc2F)nc1. The molecule has 0 radical (unpaired) electrons. The molecule has 18 heavy (non-hydrogen) atoms. The third-order valence-electron chi connectivity index (χ3n) is 2.34. The highest BCUT2D eigenvalue weighted by Gasteiger charge is 2.06. The van der Waals surface area contributed by atoms with Crippen molar-refractivity contribution in [3.8, 4) is 0 Å². The third-order valence-corrected chi connectivity index (χ3v) is 3.32. The second-order valence-electron chi connectivity index (χ2n) is 3.72. The first-order valence-corrected chi connectivity index (χ1v) is 6.28. The number of nitrogens with two attached hydrogens (primary N) is 1. The van der Waals surface area contributed by atoms with Crippen molar-refractivity contribution in [2.24, 2.45) is 5.73 Å². The Labute approximate surface area is 108 Å². The Balaban J connectivity index is 2.15. The summed E-state index contributed by atoms with van der Waals surface area (Å²) in [6.45, 7) is 0.562. The zero-order valence-electron chi connectivity index (χ0n) is 9.57. The Morgan fingerprint density at radius 1 is 1.17 bits per heavy atom. The standard InChI is InChI=1S/C13H12F2N2S/c14-10-2-3-11(15)12(7-10)18-13-4-1-9(5-6-16)8-17-13/h1-4,7-8H,5-6,16H2. The number of benzene rings is 1. The normalized spacial score (nSPS) is 10.6. The predicted octanol–water partition coefficient (Wildman–Crippen LogP) is 3.01. The third kappa shape index (κ3) is 3.27. The van der Waals surface area contributed by atoms with E-state index in [1.165, 1.54) is 0 Å². The van der Waals surface area contributed by atoms with Crippen LogP contribution in [-0.4, -0.2) is 11.5 Å². The number of hydrogen-bond donors (Lipinski definition) is 1. The van der Waals surface area contributed by atoms with Crippen LogP contribution in [0.25, 0.3) is 0 Å². The molecule has 0 aliphatic carbocycles. The van der Waals surface area contributed by atoms with E-state index in [0.29, 0.717) is 11.6 Å². The second kappa shape index (κ2) is 5.93. The zero-order chi connectivity index (χ0) is 13.0. The van der Waals surface area contributed by atoms with Gasteiger partial charge in [0, 0.05) is 6.20 Å². The molecule has 0 saturated carbocycles. The minimum Gasteiger partial charge on any atom is -0.330 e. The molecule has 0 bridgehead atoms. The average molecular weight is 266 g/mol. The first-order valence-electron chi connectivity index (χ1n) is 5.47. The molecule has 0 amide bonds.